The van der Waals surface area contributed by atoms with Crippen LogP contribution in [0.5, 0.6) is 5.75 Å². The van der Waals surface area contributed by atoms with Gasteiger partial charge in [0.05, 0.1) is 12.8 Å². The van der Waals surface area contributed by atoms with Crippen LogP contribution >= 0.6 is 0 Å². The minimum atomic E-state index is 0.555. The zero-order valence-corrected chi connectivity index (χ0v) is 10.4. The first-order valence-corrected chi connectivity index (χ1v) is 5.88. The minimum absolute atomic E-state index is 0.555. The number of pyridine rings is 1. The minimum Gasteiger partial charge on any atom is -0.497 e. The Morgan fingerprint density at radius 1 is 1.05 bits per heavy atom. The van der Waals surface area contributed by atoms with E-state index in [4.69, 9.17) is 9.15 Å². The molecule has 94 valence electrons. The summed E-state index contributed by atoms with van der Waals surface area (Å²) < 4.78 is 10.7. The number of oxazole rings is 1. The molecule has 0 saturated carbocycles. The average molecular weight is 252 g/mol. The molecule has 0 aliphatic rings. The number of hydrogen-bond donors (Lipinski definition) is 0. The van der Waals surface area contributed by atoms with E-state index in [-0.39, 0.29) is 0 Å². The molecule has 0 aliphatic heterocycles. The van der Waals surface area contributed by atoms with Gasteiger partial charge in [0.25, 0.3) is 0 Å². The third kappa shape index (κ3) is 2.33. The Kier molecular flexibility index (Phi) is 2.98. The molecular formula is C15H12N2O2. The fourth-order valence-corrected chi connectivity index (χ4v) is 1.79. The van der Waals surface area contributed by atoms with Crippen LogP contribution in [0.3, 0.4) is 0 Å². The van der Waals surface area contributed by atoms with Crippen LogP contribution in [-0.2, 0) is 0 Å². The lowest BCUT2D eigenvalue weighted by Crippen LogP contribution is -1.85. The molecule has 0 amide bonds. The molecule has 1 aromatic carbocycles. The second kappa shape index (κ2) is 4.94. The lowest BCUT2D eigenvalue weighted by Gasteiger charge is -2.00. The summed E-state index contributed by atoms with van der Waals surface area (Å²) in [5, 5.41) is 0. The van der Waals surface area contributed by atoms with Gasteiger partial charge in [-0.2, -0.15) is 0 Å². The van der Waals surface area contributed by atoms with Crippen LogP contribution in [0, 0.1) is 0 Å². The van der Waals surface area contributed by atoms with E-state index in [9.17, 15) is 0 Å². The van der Waals surface area contributed by atoms with E-state index >= 15 is 0 Å². The van der Waals surface area contributed by atoms with E-state index in [1.54, 1.807) is 19.6 Å². The van der Waals surface area contributed by atoms with Gasteiger partial charge in [0.1, 0.15) is 17.7 Å². The number of nitrogens with zero attached hydrogens (tertiary/aromatic N) is 2. The Bertz CT molecular complexity index is 677. The van der Waals surface area contributed by atoms with Crippen molar-refractivity contribution in [2.24, 2.45) is 0 Å². The normalized spacial score (nSPS) is 10.4. The van der Waals surface area contributed by atoms with Gasteiger partial charge in [-0.3, -0.25) is 4.98 Å². The largest absolute Gasteiger partial charge is 0.497 e. The molecular weight excluding hydrogens is 240 g/mol. The summed E-state index contributed by atoms with van der Waals surface area (Å²) in [6.07, 6.45) is 3.34. The van der Waals surface area contributed by atoms with Gasteiger partial charge >= 0.3 is 0 Å². The van der Waals surface area contributed by atoms with Crippen LogP contribution in [-0.4, -0.2) is 17.1 Å². The highest BCUT2D eigenvalue weighted by Crippen LogP contribution is 2.25. The van der Waals surface area contributed by atoms with E-state index in [2.05, 4.69) is 9.97 Å². The molecule has 3 rings (SSSR count). The van der Waals surface area contributed by atoms with E-state index in [1.165, 1.54) is 0 Å². The summed E-state index contributed by atoms with van der Waals surface area (Å²) in [5.41, 5.74) is 2.39. The van der Waals surface area contributed by atoms with Gasteiger partial charge in [0.2, 0.25) is 5.89 Å². The van der Waals surface area contributed by atoms with Crippen molar-refractivity contribution in [2.75, 3.05) is 7.11 Å². The summed E-state index contributed by atoms with van der Waals surface area (Å²) in [6, 6.07) is 13.3. The van der Waals surface area contributed by atoms with Crippen LogP contribution in [0.1, 0.15) is 0 Å². The maximum absolute atomic E-state index is 5.50. The van der Waals surface area contributed by atoms with Crippen molar-refractivity contribution >= 4 is 0 Å². The number of rotatable bonds is 3. The highest BCUT2D eigenvalue weighted by atomic mass is 16.5. The van der Waals surface area contributed by atoms with Crippen LogP contribution in [0.25, 0.3) is 22.8 Å². The zero-order valence-electron chi connectivity index (χ0n) is 10.4. The van der Waals surface area contributed by atoms with Gasteiger partial charge in [-0.25, -0.2) is 4.98 Å². The monoisotopic (exact) mass is 252 g/mol. The predicted octanol–water partition coefficient (Wildman–Crippen LogP) is 3.41. The van der Waals surface area contributed by atoms with Crippen molar-refractivity contribution in [1.29, 1.82) is 0 Å². The molecule has 2 heterocycles. The molecule has 0 N–H and O–H groups in total. The summed E-state index contributed by atoms with van der Waals surface area (Å²) in [6.45, 7) is 0. The van der Waals surface area contributed by atoms with E-state index in [0.717, 1.165) is 22.7 Å². The van der Waals surface area contributed by atoms with Gasteiger partial charge in [-0.1, -0.05) is 12.1 Å². The predicted molar refractivity (Wildman–Crippen MR) is 71.7 cm³/mol. The number of methoxy groups -OCH3 is 1. The van der Waals surface area contributed by atoms with E-state index in [1.807, 2.05) is 42.5 Å². The lowest BCUT2D eigenvalue weighted by molar-refractivity contribution is 0.414. The van der Waals surface area contributed by atoms with Crippen molar-refractivity contribution in [3.63, 3.8) is 0 Å². The fraction of sp³-hybridized carbons (Fsp3) is 0.0667. The van der Waals surface area contributed by atoms with Crippen LogP contribution in [0.2, 0.25) is 0 Å². The lowest BCUT2D eigenvalue weighted by atomic mass is 10.2. The van der Waals surface area contributed by atoms with E-state index < -0.39 is 0 Å². The molecule has 0 atom stereocenters. The Morgan fingerprint density at radius 3 is 2.79 bits per heavy atom. The molecule has 0 spiro atoms. The highest BCUT2D eigenvalue weighted by molar-refractivity contribution is 5.61. The van der Waals surface area contributed by atoms with Gasteiger partial charge < -0.3 is 9.15 Å². The molecule has 0 saturated heterocycles. The number of hydrogen-bond acceptors (Lipinski definition) is 4. The average Bonchev–Trinajstić information content (AvgIpc) is 2.98. The molecule has 3 aromatic rings. The SMILES string of the molecule is COc1cccc(-c2nc(-c3ccccn3)co2)c1. The quantitative estimate of drug-likeness (QED) is 0.716. The molecule has 19 heavy (non-hydrogen) atoms. The number of benzene rings is 1. The number of ether oxygens (including phenoxy) is 1. The first kappa shape index (κ1) is 11.5. The first-order chi connectivity index (χ1) is 9.36. The van der Waals surface area contributed by atoms with Gasteiger partial charge in [0, 0.05) is 11.8 Å². The van der Waals surface area contributed by atoms with Crippen LogP contribution in [0.15, 0.2) is 59.3 Å². The molecule has 0 unspecified atom stereocenters. The third-order valence-electron chi connectivity index (χ3n) is 2.75. The standard InChI is InChI=1S/C15H12N2O2/c1-18-12-6-4-5-11(9-12)15-17-14(10-19-15)13-7-2-3-8-16-13/h2-10H,1H3. The third-order valence-corrected chi connectivity index (χ3v) is 2.75. The molecule has 0 bridgehead atoms. The van der Waals surface area contributed by atoms with Gasteiger partial charge in [-0.15, -0.1) is 0 Å². The fourth-order valence-electron chi connectivity index (χ4n) is 1.79. The molecule has 2 aromatic heterocycles. The zero-order chi connectivity index (χ0) is 13.1. The van der Waals surface area contributed by atoms with E-state index in [0.29, 0.717) is 5.89 Å². The second-order valence-electron chi connectivity index (χ2n) is 3.98. The molecule has 4 heteroatoms. The van der Waals surface area contributed by atoms with Crippen molar-refractivity contribution in [3.8, 4) is 28.6 Å². The summed E-state index contributed by atoms with van der Waals surface area (Å²) in [4.78, 5) is 8.68. The Morgan fingerprint density at radius 2 is 2.00 bits per heavy atom. The van der Waals surface area contributed by atoms with Crippen molar-refractivity contribution in [1.82, 2.24) is 9.97 Å². The Balaban J connectivity index is 1.97. The molecule has 0 fully saturated rings. The maximum atomic E-state index is 5.50. The molecule has 0 radical (unpaired) electrons. The van der Waals surface area contributed by atoms with Crippen LogP contribution in [0.4, 0.5) is 0 Å². The van der Waals surface area contributed by atoms with Crippen molar-refractivity contribution in [3.05, 3.63) is 54.9 Å². The maximum Gasteiger partial charge on any atom is 0.226 e. The van der Waals surface area contributed by atoms with Crippen molar-refractivity contribution < 1.29 is 9.15 Å². The van der Waals surface area contributed by atoms with Crippen molar-refractivity contribution in [2.45, 2.75) is 0 Å². The molecule has 0 aliphatic carbocycles. The second-order valence-corrected chi connectivity index (χ2v) is 3.98. The Hall–Kier alpha value is -2.62. The van der Waals surface area contributed by atoms with Gasteiger partial charge in [-0.05, 0) is 30.3 Å². The summed E-state index contributed by atoms with van der Waals surface area (Å²) >= 11 is 0. The molecule has 4 nitrogen and oxygen atoms in total. The topological polar surface area (TPSA) is 48.2 Å². The summed E-state index contributed by atoms with van der Waals surface area (Å²) in [5.74, 6) is 1.33. The Labute approximate surface area is 110 Å². The smallest absolute Gasteiger partial charge is 0.226 e. The number of aromatic nitrogens is 2. The summed E-state index contributed by atoms with van der Waals surface area (Å²) in [7, 11) is 1.63. The highest BCUT2D eigenvalue weighted by Gasteiger charge is 2.09. The van der Waals surface area contributed by atoms with Crippen LogP contribution < -0.4 is 4.74 Å². The first-order valence-electron chi connectivity index (χ1n) is 5.88. The van der Waals surface area contributed by atoms with Gasteiger partial charge in [0.15, 0.2) is 0 Å².